The normalized spacial score (nSPS) is 28.8. The van der Waals surface area contributed by atoms with Crippen molar-refractivity contribution in [3.05, 3.63) is 29.3 Å². The molecule has 0 bridgehead atoms. The molecule has 2 aliphatic rings. The van der Waals surface area contributed by atoms with Crippen LogP contribution in [0.15, 0.2) is 18.2 Å². The number of likely N-dealkylation sites (tertiary alicyclic amines) is 1. The van der Waals surface area contributed by atoms with Gasteiger partial charge in [-0.15, -0.1) is 0 Å². The van der Waals surface area contributed by atoms with Crippen LogP contribution in [-0.4, -0.2) is 35.7 Å². The number of aliphatic hydroxyl groups excluding tert-OH is 1. The van der Waals surface area contributed by atoms with E-state index >= 15 is 0 Å². The van der Waals surface area contributed by atoms with Crippen LogP contribution in [0, 0.1) is 6.92 Å². The monoisotopic (exact) mass is 233 g/mol. The summed E-state index contributed by atoms with van der Waals surface area (Å²) in [4.78, 5) is 2.36. The van der Waals surface area contributed by atoms with Crippen molar-refractivity contribution >= 4 is 0 Å². The maximum absolute atomic E-state index is 10.5. The van der Waals surface area contributed by atoms with Crippen LogP contribution in [0.2, 0.25) is 0 Å². The molecule has 2 atom stereocenters. The number of benzene rings is 1. The van der Waals surface area contributed by atoms with Crippen LogP contribution in [0.25, 0.3) is 0 Å². The Hall–Kier alpha value is -1.06. The lowest BCUT2D eigenvalue weighted by molar-refractivity contribution is 0.0140. The summed E-state index contributed by atoms with van der Waals surface area (Å²) in [6, 6.07) is 6.17. The molecule has 17 heavy (non-hydrogen) atoms. The van der Waals surface area contributed by atoms with Crippen LogP contribution >= 0.6 is 0 Å². The Morgan fingerprint density at radius 1 is 1.29 bits per heavy atom. The molecule has 0 saturated carbocycles. The zero-order valence-electron chi connectivity index (χ0n) is 10.2. The molecular formula is C14H19NO2. The zero-order chi connectivity index (χ0) is 11.8. The molecule has 2 heterocycles. The second-order valence-electron chi connectivity index (χ2n) is 5.11. The predicted octanol–water partition coefficient (Wildman–Crippen LogP) is 1.89. The smallest absolute Gasteiger partial charge is 0.125 e. The zero-order valence-corrected chi connectivity index (χ0v) is 10.2. The Balaban J connectivity index is 1.88. The standard InChI is InChI=1S/C14H19NO2/c1-10-4-5-13-11(8-10)14(16)12(9-17-13)15-6-2-3-7-15/h4-5,8,12,14,16H,2-3,6-7,9H2,1H3. The van der Waals surface area contributed by atoms with Crippen molar-refractivity contribution in [1.82, 2.24) is 4.90 Å². The van der Waals surface area contributed by atoms with Gasteiger partial charge < -0.3 is 9.84 Å². The van der Waals surface area contributed by atoms with Crippen molar-refractivity contribution in [2.75, 3.05) is 19.7 Å². The molecule has 1 aromatic carbocycles. The number of fused-ring (bicyclic) bond motifs is 1. The molecule has 0 amide bonds. The lowest BCUT2D eigenvalue weighted by Gasteiger charge is -2.36. The number of hydrogen-bond donors (Lipinski definition) is 1. The lowest BCUT2D eigenvalue weighted by atomic mass is 9.96. The van der Waals surface area contributed by atoms with Crippen molar-refractivity contribution in [3.63, 3.8) is 0 Å². The number of hydrogen-bond acceptors (Lipinski definition) is 3. The predicted molar refractivity (Wildman–Crippen MR) is 66.2 cm³/mol. The van der Waals surface area contributed by atoms with Crippen molar-refractivity contribution in [3.8, 4) is 5.75 Å². The Morgan fingerprint density at radius 2 is 2.06 bits per heavy atom. The van der Waals surface area contributed by atoms with Gasteiger partial charge in [0.15, 0.2) is 0 Å². The molecule has 1 saturated heterocycles. The van der Waals surface area contributed by atoms with E-state index < -0.39 is 6.10 Å². The van der Waals surface area contributed by atoms with E-state index in [9.17, 15) is 5.11 Å². The first-order valence-electron chi connectivity index (χ1n) is 6.41. The van der Waals surface area contributed by atoms with Crippen molar-refractivity contribution in [2.24, 2.45) is 0 Å². The van der Waals surface area contributed by atoms with E-state index in [0.29, 0.717) is 6.61 Å². The molecule has 1 fully saturated rings. The minimum Gasteiger partial charge on any atom is -0.491 e. The van der Waals surface area contributed by atoms with Gasteiger partial charge in [0, 0.05) is 5.56 Å². The molecule has 1 N–H and O–H groups in total. The summed E-state index contributed by atoms with van der Waals surface area (Å²) in [5, 5.41) is 10.5. The third-order valence-corrected chi connectivity index (χ3v) is 3.87. The van der Waals surface area contributed by atoms with Crippen LogP contribution in [0.3, 0.4) is 0 Å². The van der Waals surface area contributed by atoms with Gasteiger partial charge in [-0.25, -0.2) is 0 Å². The third kappa shape index (κ3) is 1.94. The van der Waals surface area contributed by atoms with Crippen LogP contribution in [0.1, 0.15) is 30.1 Å². The Labute approximate surface area is 102 Å². The van der Waals surface area contributed by atoms with Gasteiger partial charge in [0.1, 0.15) is 18.5 Å². The summed E-state index contributed by atoms with van der Waals surface area (Å²) in [6.07, 6.45) is 2.07. The quantitative estimate of drug-likeness (QED) is 0.804. The molecular weight excluding hydrogens is 214 g/mol. The summed E-state index contributed by atoms with van der Waals surface area (Å²) in [7, 11) is 0. The number of rotatable bonds is 1. The minimum absolute atomic E-state index is 0.131. The molecule has 0 spiro atoms. The second-order valence-corrected chi connectivity index (χ2v) is 5.11. The maximum atomic E-state index is 10.5. The van der Waals surface area contributed by atoms with Gasteiger partial charge in [-0.1, -0.05) is 11.6 Å². The minimum atomic E-state index is -0.406. The highest BCUT2D eigenvalue weighted by Crippen LogP contribution is 2.35. The van der Waals surface area contributed by atoms with Gasteiger partial charge in [-0.2, -0.15) is 0 Å². The molecule has 3 nitrogen and oxygen atoms in total. The highest BCUT2D eigenvalue weighted by Gasteiger charge is 2.34. The molecule has 1 aromatic rings. The van der Waals surface area contributed by atoms with E-state index in [-0.39, 0.29) is 6.04 Å². The van der Waals surface area contributed by atoms with Gasteiger partial charge in [0.05, 0.1) is 6.04 Å². The number of nitrogens with zero attached hydrogens (tertiary/aromatic N) is 1. The van der Waals surface area contributed by atoms with Gasteiger partial charge in [-0.3, -0.25) is 4.90 Å². The fraction of sp³-hybridized carbons (Fsp3) is 0.571. The average Bonchev–Trinajstić information content (AvgIpc) is 2.84. The van der Waals surface area contributed by atoms with E-state index in [4.69, 9.17) is 4.74 Å². The Bertz CT molecular complexity index is 413. The Morgan fingerprint density at radius 3 is 2.82 bits per heavy atom. The largest absolute Gasteiger partial charge is 0.491 e. The number of ether oxygens (including phenoxy) is 1. The lowest BCUT2D eigenvalue weighted by Crippen LogP contribution is -2.44. The third-order valence-electron chi connectivity index (χ3n) is 3.87. The highest BCUT2D eigenvalue weighted by molar-refractivity contribution is 5.40. The van der Waals surface area contributed by atoms with E-state index in [0.717, 1.165) is 24.4 Å². The molecule has 0 aliphatic carbocycles. The van der Waals surface area contributed by atoms with Gasteiger partial charge in [-0.05, 0) is 45.0 Å². The fourth-order valence-electron chi connectivity index (χ4n) is 2.88. The van der Waals surface area contributed by atoms with Gasteiger partial charge >= 0.3 is 0 Å². The number of aliphatic hydroxyl groups is 1. The molecule has 3 heteroatoms. The van der Waals surface area contributed by atoms with Crippen molar-refractivity contribution in [2.45, 2.75) is 31.9 Å². The molecule has 92 valence electrons. The maximum Gasteiger partial charge on any atom is 0.125 e. The average molecular weight is 233 g/mol. The van der Waals surface area contributed by atoms with Crippen LogP contribution in [0.5, 0.6) is 5.75 Å². The molecule has 3 rings (SSSR count). The van der Waals surface area contributed by atoms with E-state index in [1.54, 1.807) is 0 Å². The van der Waals surface area contributed by atoms with E-state index in [2.05, 4.69) is 4.90 Å². The second kappa shape index (κ2) is 4.31. The molecule has 2 aliphatic heterocycles. The van der Waals surface area contributed by atoms with Gasteiger partial charge in [0.25, 0.3) is 0 Å². The van der Waals surface area contributed by atoms with Crippen LogP contribution < -0.4 is 4.74 Å². The first kappa shape index (κ1) is 11.1. The fourth-order valence-corrected chi connectivity index (χ4v) is 2.88. The summed E-state index contributed by atoms with van der Waals surface area (Å²) < 4.78 is 5.77. The molecule has 0 radical (unpaired) electrons. The first-order valence-corrected chi connectivity index (χ1v) is 6.41. The van der Waals surface area contributed by atoms with E-state index in [1.165, 1.54) is 18.4 Å². The van der Waals surface area contributed by atoms with Gasteiger partial charge in [0.2, 0.25) is 0 Å². The molecule has 2 unspecified atom stereocenters. The van der Waals surface area contributed by atoms with Crippen molar-refractivity contribution in [1.29, 1.82) is 0 Å². The summed E-state index contributed by atoms with van der Waals surface area (Å²) in [5.41, 5.74) is 2.13. The highest BCUT2D eigenvalue weighted by atomic mass is 16.5. The SMILES string of the molecule is Cc1ccc2c(c1)C(O)C(N1CCCC1)CO2. The molecule has 0 aromatic heterocycles. The summed E-state index contributed by atoms with van der Waals surface area (Å²) in [6.45, 7) is 4.84. The Kier molecular flexibility index (Phi) is 2.81. The van der Waals surface area contributed by atoms with Crippen LogP contribution in [-0.2, 0) is 0 Å². The van der Waals surface area contributed by atoms with Crippen LogP contribution in [0.4, 0.5) is 0 Å². The van der Waals surface area contributed by atoms with Crippen molar-refractivity contribution < 1.29 is 9.84 Å². The topological polar surface area (TPSA) is 32.7 Å². The first-order chi connectivity index (χ1) is 8.25. The van der Waals surface area contributed by atoms with E-state index in [1.807, 2.05) is 25.1 Å². The summed E-state index contributed by atoms with van der Waals surface area (Å²) in [5.74, 6) is 0.846. The summed E-state index contributed by atoms with van der Waals surface area (Å²) >= 11 is 0. The number of aryl methyl sites for hydroxylation is 1.